The average molecular weight is 198 g/mol. The van der Waals surface area contributed by atoms with Crippen molar-refractivity contribution in [2.45, 2.75) is 11.8 Å². The lowest BCUT2D eigenvalue weighted by Crippen LogP contribution is -2.00. The van der Waals surface area contributed by atoms with Crippen LogP contribution in [0.15, 0.2) is 29.7 Å². The summed E-state index contributed by atoms with van der Waals surface area (Å²) in [6, 6.07) is 4.60. The van der Waals surface area contributed by atoms with Gasteiger partial charge in [-0.15, -0.1) is 0 Å². The van der Waals surface area contributed by atoms with Crippen molar-refractivity contribution >= 4 is 16.2 Å². The predicted molar refractivity (Wildman–Crippen MR) is 51.1 cm³/mol. The summed E-state index contributed by atoms with van der Waals surface area (Å²) in [6.07, 6.45) is 1.61. The Balaban J connectivity index is 3.37. The summed E-state index contributed by atoms with van der Waals surface area (Å²) in [5, 5.41) is 0. The number of aryl methyl sites for hydroxylation is 1. The molecule has 70 valence electrons. The van der Waals surface area contributed by atoms with Gasteiger partial charge < -0.3 is 0 Å². The quantitative estimate of drug-likeness (QED) is 0.738. The van der Waals surface area contributed by atoms with Crippen LogP contribution in [0.2, 0.25) is 0 Å². The zero-order valence-electron chi connectivity index (χ0n) is 7.19. The molecular weight excluding hydrogens is 188 g/mol. The Morgan fingerprint density at radius 3 is 2.46 bits per heavy atom. The number of hydrogen-bond acceptors (Lipinski definition) is 2. The Morgan fingerprint density at radius 1 is 1.46 bits per heavy atom. The monoisotopic (exact) mass is 198 g/mol. The highest BCUT2D eigenvalue weighted by atomic mass is 32.2. The van der Waals surface area contributed by atoms with E-state index in [-0.39, 0.29) is 4.90 Å². The van der Waals surface area contributed by atoms with Crippen molar-refractivity contribution in [3.05, 3.63) is 35.9 Å². The normalized spacial score (nSPS) is 11.2. The Labute approximate surface area is 77.5 Å². The fraction of sp³-hybridized carbons (Fsp3) is 0.111. The molecule has 0 aliphatic heterocycles. The van der Waals surface area contributed by atoms with Gasteiger partial charge in [0.25, 0.3) is 10.1 Å². The third-order valence-electron chi connectivity index (χ3n) is 1.71. The fourth-order valence-electron chi connectivity index (χ4n) is 1.09. The Morgan fingerprint density at radius 2 is 2.08 bits per heavy atom. The summed E-state index contributed by atoms with van der Waals surface area (Å²) in [5.74, 6) is 0. The average Bonchev–Trinajstić information content (AvgIpc) is 2.01. The largest absolute Gasteiger partial charge is 0.294 e. The van der Waals surface area contributed by atoms with E-state index in [1.54, 1.807) is 25.1 Å². The van der Waals surface area contributed by atoms with Crippen molar-refractivity contribution in [1.82, 2.24) is 0 Å². The Kier molecular flexibility index (Phi) is 2.54. The van der Waals surface area contributed by atoms with Crippen LogP contribution < -0.4 is 0 Å². The first kappa shape index (κ1) is 9.95. The molecule has 0 unspecified atom stereocenters. The molecule has 1 rings (SSSR count). The standard InChI is InChI=1S/C9H10O3S/c1-3-8-4-5-9(7(2)6-8)13(10,11)12/h3-6H,1H2,2H3,(H,10,11,12). The summed E-state index contributed by atoms with van der Waals surface area (Å²) in [4.78, 5) is -0.0573. The molecule has 0 bridgehead atoms. The van der Waals surface area contributed by atoms with E-state index < -0.39 is 10.1 Å². The first-order valence-corrected chi connectivity index (χ1v) is 5.10. The Hall–Kier alpha value is -1.13. The van der Waals surface area contributed by atoms with Crippen LogP contribution in [-0.4, -0.2) is 13.0 Å². The third kappa shape index (κ3) is 2.17. The third-order valence-corrected chi connectivity index (χ3v) is 2.73. The van der Waals surface area contributed by atoms with E-state index in [1.165, 1.54) is 6.07 Å². The molecule has 0 radical (unpaired) electrons. The molecule has 0 saturated heterocycles. The number of rotatable bonds is 2. The Bertz CT molecular complexity index is 432. The van der Waals surface area contributed by atoms with Crippen molar-refractivity contribution in [2.24, 2.45) is 0 Å². The summed E-state index contributed by atoms with van der Waals surface area (Å²) < 4.78 is 30.3. The van der Waals surface area contributed by atoms with E-state index in [4.69, 9.17) is 4.55 Å². The summed E-state index contributed by atoms with van der Waals surface area (Å²) >= 11 is 0. The molecule has 0 atom stereocenters. The second kappa shape index (κ2) is 3.32. The zero-order valence-corrected chi connectivity index (χ0v) is 8.00. The maximum Gasteiger partial charge on any atom is 0.294 e. The molecule has 13 heavy (non-hydrogen) atoms. The van der Waals surface area contributed by atoms with E-state index in [1.807, 2.05) is 0 Å². The van der Waals surface area contributed by atoms with Gasteiger partial charge in [-0.05, 0) is 24.1 Å². The van der Waals surface area contributed by atoms with E-state index in [9.17, 15) is 8.42 Å². The fourth-order valence-corrected chi connectivity index (χ4v) is 1.79. The molecule has 1 N–H and O–H groups in total. The first-order chi connectivity index (χ1) is 5.95. The lowest BCUT2D eigenvalue weighted by atomic mass is 10.1. The van der Waals surface area contributed by atoms with Crippen molar-refractivity contribution in [3.8, 4) is 0 Å². The second-order valence-corrected chi connectivity index (χ2v) is 4.09. The maximum absolute atomic E-state index is 10.8. The van der Waals surface area contributed by atoms with Crippen LogP contribution in [0.1, 0.15) is 11.1 Å². The van der Waals surface area contributed by atoms with Crippen LogP contribution in [0.25, 0.3) is 6.08 Å². The van der Waals surface area contributed by atoms with Gasteiger partial charge in [-0.3, -0.25) is 4.55 Å². The highest BCUT2D eigenvalue weighted by Crippen LogP contribution is 2.16. The predicted octanol–water partition coefficient (Wildman–Crippen LogP) is 1.88. The van der Waals surface area contributed by atoms with E-state index in [0.29, 0.717) is 5.56 Å². The van der Waals surface area contributed by atoms with Crippen LogP contribution in [0, 0.1) is 6.92 Å². The van der Waals surface area contributed by atoms with Crippen LogP contribution in [0.3, 0.4) is 0 Å². The molecule has 0 aliphatic rings. The second-order valence-electron chi connectivity index (χ2n) is 2.70. The van der Waals surface area contributed by atoms with Gasteiger partial charge >= 0.3 is 0 Å². The molecular formula is C9H10O3S. The molecule has 1 aromatic carbocycles. The van der Waals surface area contributed by atoms with Gasteiger partial charge in [0.05, 0.1) is 4.90 Å². The molecule has 0 amide bonds. The van der Waals surface area contributed by atoms with Gasteiger partial charge in [-0.1, -0.05) is 24.8 Å². The lowest BCUT2D eigenvalue weighted by Gasteiger charge is -2.02. The van der Waals surface area contributed by atoms with Crippen LogP contribution in [0.4, 0.5) is 0 Å². The van der Waals surface area contributed by atoms with Crippen molar-refractivity contribution < 1.29 is 13.0 Å². The maximum atomic E-state index is 10.8. The minimum Gasteiger partial charge on any atom is -0.282 e. The molecule has 0 aromatic heterocycles. The first-order valence-electron chi connectivity index (χ1n) is 3.65. The molecule has 3 nitrogen and oxygen atoms in total. The molecule has 0 heterocycles. The number of hydrogen-bond donors (Lipinski definition) is 1. The summed E-state index contributed by atoms with van der Waals surface area (Å²) in [6.45, 7) is 5.17. The lowest BCUT2D eigenvalue weighted by molar-refractivity contribution is 0.482. The van der Waals surface area contributed by atoms with Gasteiger partial charge in [0.2, 0.25) is 0 Å². The molecule has 0 aliphatic carbocycles. The van der Waals surface area contributed by atoms with Crippen molar-refractivity contribution in [2.75, 3.05) is 0 Å². The topological polar surface area (TPSA) is 54.4 Å². The minimum absolute atomic E-state index is 0.0573. The molecule has 0 fully saturated rings. The summed E-state index contributed by atoms with van der Waals surface area (Å²) in [7, 11) is -4.09. The van der Waals surface area contributed by atoms with Gasteiger partial charge in [-0.25, -0.2) is 0 Å². The molecule has 0 saturated carbocycles. The van der Waals surface area contributed by atoms with Gasteiger partial charge in [-0.2, -0.15) is 8.42 Å². The smallest absolute Gasteiger partial charge is 0.282 e. The highest BCUT2D eigenvalue weighted by molar-refractivity contribution is 7.85. The van der Waals surface area contributed by atoms with Crippen molar-refractivity contribution in [3.63, 3.8) is 0 Å². The number of benzene rings is 1. The van der Waals surface area contributed by atoms with Gasteiger partial charge in [0.15, 0.2) is 0 Å². The van der Waals surface area contributed by atoms with Gasteiger partial charge in [0, 0.05) is 0 Å². The van der Waals surface area contributed by atoms with E-state index in [2.05, 4.69) is 6.58 Å². The van der Waals surface area contributed by atoms with E-state index in [0.717, 1.165) is 5.56 Å². The summed E-state index contributed by atoms with van der Waals surface area (Å²) in [5.41, 5.74) is 1.34. The van der Waals surface area contributed by atoms with E-state index >= 15 is 0 Å². The van der Waals surface area contributed by atoms with Crippen LogP contribution >= 0.6 is 0 Å². The molecule has 0 spiro atoms. The van der Waals surface area contributed by atoms with Crippen LogP contribution in [0.5, 0.6) is 0 Å². The molecule has 1 aromatic rings. The van der Waals surface area contributed by atoms with Crippen LogP contribution in [-0.2, 0) is 10.1 Å². The molecule has 4 heteroatoms. The van der Waals surface area contributed by atoms with Crippen molar-refractivity contribution in [1.29, 1.82) is 0 Å². The van der Waals surface area contributed by atoms with Gasteiger partial charge in [0.1, 0.15) is 0 Å². The SMILES string of the molecule is C=Cc1ccc(S(=O)(=O)O)c(C)c1. The zero-order chi connectivity index (χ0) is 10.1. The minimum atomic E-state index is -4.09. The highest BCUT2D eigenvalue weighted by Gasteiger charge is 2.11.